The van der Waals surface area contributed by atoms with Crippen LogP contribution < -0.4 is 0 Å². The number of carbonyl (C=O) groups excluding carboxylic acids is 2. The van der Waals surface area contributed by atoms with Crippen molar-refractivity contribution in [1.82, 2.24) is 0 Å². The summed E-state index contributed by atoms with van der Waals surface area (Å²) in [4.78, 5) is 19.0. The summed E-state index contributed by atoms with van der Waals surface area (Å²) in [7, 11) is 9.78. The fourth-order valence-electron chi connectivity index (χ4n) is 0.478. The van der Waals surface area contributed by atoms with Crippen LogP contribution >= 0.6 is 18.6 Å². The van der Waals surface area contributed by atoms with Crippen molar-refractivity contribution < 1.29 is 135 Å². The van der Waals surface area contributed by atoms with E-state index in [4.69, 9.17) is 30.1 Å². The molecule has 0 spiro atoms. The van der Waals surface area contributed by atoms with Crippen molar-refractivity contribution in [3.63, 3.8) is 0 Å². The largest absolute Gasteiger partial charge is 2.00 e. The van der Waals surface area contributed by atoms with Crippen molar-refractivity contribution in [2.24, 2.45) is 0 Å². The Labute approximate surface area is 257 Å². The number of hydrogen-bond donors (Lipinski definition) is 0. The van der Waals surface area contributed by atoms with Crippen molar-refractivity contribution in [1.29, 1.82) is 0 Å². The third kappa shape index (κ3) is 94.2. The molecule has 0 unspecified atom stereocenters. The van der Waals surface area contributed by atoms with Crippen LogP contribution in [0.4, 0.5) is 0 Å². The number of benzene rings is 1. The summed E-state index contributed by atoms with van der Waals surface area (Å²) >= 11 is -0.556. The number of hydrogen-bond acceptors (Lipinski definition) is 2. The molecule has 0 saturated carbocycles. The van der Waals surface area contributed by atoms with Gasteiger partial charge in [-0.25, -0.2) is 0 Å². The second kappa shape index (κ2) is 56.8. The Balaban J connectivity index is -0.0000000169. The Morgan fingerprint density at radius 1 is 0.889 bits per heavy atom. The Bertz CT molecular complexity index is 340. The van der Waals surface area contributed by atoms with E-state index < -0.39 is 28.8 Å². The van der Waals surface area contributed by atoms with Gasteiger partial charge in [0.2, 0.25) is 0 Å². The van der Waals surface area contributed by atoms with Gasteiger partial charge in [-0.05, 0) is 12.8 Å². The van der Waals surface area contributed by atoms with Gasteiger partial charge in [-0.3, -0.25) is 0 Å². The molecule has 2 N–H and O–H groups in total. The summed E-state index contributed by atoms with van der Waals surface area (Å²) in [5, 5.41) is 0. The molecule has 0 saturated heterocycles. The zero-order chi connectivity index (χ0) is 16.4. The molecule has 4 nitrogen and oxygen atoms in total. The van der Waals surface area contributed by atoms with Gasteiger partial charge < -0.3 is 35.9 Å². The molecular weight excluding hydrogens is 598 g/mol. The maximum Gasteiger partial charge on any atom is 2.00 e. The van der Waals surface area contributed by atoms with Gasteiger partial charge in [-0.1, -0.05) is 19.9 Å². The number of carbonyl (C=O) groups is 2. The molecule has 1 rings (SSSR count). The molecule has 0 heterocycles. The van der Waals surface area contributed by atoms with Crippen LogP contribution in [0, 0.1) is 21.8 Å². The Kier molecular flexibility index (Phi) is 133. The van der Waals surface area contributed by atoms with Gasteiger partial charge >= 0.3 is 57.4 Å². The van der Waals surface area contributed by atoms with Crippen molar-refractivity contribution in [2.45, 2.75) is 26.7 Å². The molecule has 1 aromatic rings. The zero-order valence-electron chi connectivity index (χ0n) is 16.1. The van der Waals surface area contributed by atoms with E-state index >= 15 is 0 Å². The van der Waals surface area contributed by atoms with Crippen LogP contribution in [0.25, 0.3) is 11.5 Å². The van der Waals surface area contributed by atoms with Crippen LogP contribution in [0.5, 0.6) is 0 Å². The summed E-state index contributed by atoms with van der Waals surface area (Å²) in [5.41, 5.74) is 13.4. The first-order valence-electron chi connectivity index (χ1n) is 5.67. The molecule has 2 amide bonds. The standard InChI is InChI=1S/C7H7.2C3H7NO.2CH3.2ClH.6Ti/c1-7-5-3-2-4-6-7;2*1-2-3(4)5;;;;;;;;;;/h2-6H,1H2;2*2H2,1H3,(H2,4,5);2*1H3;2*1H;;;;;;/q-1;;;2*-1;;;;;;;2*+2/p-4. The van der Waals surface area contributed by atoms with E-state index in [9.17, 15) is 9.59 Å². The molecule has 0 aromatic heterocycles. The summed E-state index contributed by atoms with van der Waals surface area (Å²) in [5.74, 6) is -0.991. The van der Waals surface area contributed by atoms with Crippen molar-refractivity contribution >= 4 is 30.4 Å². The van der Waals surface area contributed by atoms with Gasteiger partial charge in [0.15, 0.2) is 0 Å². The molecule has 148 valence electrons. The quantitative estimate of drug-likeness (QED) is 0.296. The van der Waals surface area contributed by atoms with Crippen LogP contribution in [0.2, 0.25) is 0 Å². The Hall–Kier alpha value is 2.90. The Morgan fingerprint density at radius 3 is 1.15 bits per heavy atom. The molecule has 0 fully saturated rings. The molecule has 12 heteroatoms. The monoisotopic (exact) mass is 623 g/mol. The molecular formula is C15H25Cl2N2O2Ti6-3. The molecule has 27 heavy (non-hydrogen) atoms. The fraction of sp³-hybridized carbons (Fsp3) is 0.267. The van der Waals surface area contributed by atoms with Crippen LogP contribution in [0.3, 0.4) is 0 Å². The molecule has 0 bridgehead atoms. The first-order valence-corrected chi connectivity index (χ1v) is 9.97. The van der Waals surface area contributed by atoms with E-state index in [1.807, 2.05) is 30.3 Å². The van der Waals surface area contributed by atoms with E-state index in [0.29, 0.717) is 12.8 Å². The molecule has 0 aliphatic heterocycles. The molecule has 0 radical (unpaired) electrons. The number of nitrogens with one attached hydrogen (secondary N) is 2. The minimum atomic E-state index is -0.556. The van der Waals surface area contributed by atoms with Crippen LogP contribution in [-0.4, -0.2) is 11.8 Å². The third-order valence-electron chi connectivity index (χ3n) is 1.49. The molecule has 1 aromatic carbocycles. The van der Waals surface area contributed by atoms with E-state index in [2.05, 4.69) is 6.92 Å². The predicted octanol–water partition coefficient (Wildman–Crippen LogP) is 6.08. The maximum absolute atomic E-state index is 9.48. The van der Waals surface area contributed by atoms with Gasteiger partial charge in [0.05, 0.1) is 0 Å². The van der Waals surface area contributed by atoms with E-state index in [0.717, 1.165) is 5.56 Å². The van der Waals surface area contributed by atoms with Crippen LogP contribution in [-0.2, 0) is 135 Å². The molecule has 0 aliphatic rings. The predicted molar refractivity (Wildman–Crippen MR) is 94.7 cm³/mol. The van der Waals surface area contributed by atoms with E-state index in [1.165, 1.54) is 0 Å². The molecule has 0 atom stereocenters. The van der Waals surface area contributed by atoms with E-state index in [1.54, 1.807) is 13.8 Å². The molecule has 0 aliphatic carbocycles. The van der Waals surface area contributed by atoms with Crippen molar-refractivity contribution in [3.8, 4) is 0 Å². The average molecular weight is 623 g/mol. The second-order valence-electron chi connectivity index (χ2n) is 3.11. The third-order valence-corrected chi connectivity index (χ3v) is 1.49. The fourth-order valence-corrected chi connectivity index (χ4v) is 0.478. The maximum atomic E-state index is 9.48. The summed E-state index contributed by atoms with van der Waals surface area (Å²) in [6, 6.07) is 9.87. The van der Waals surface area contributed by atoms with Gasteiger partial charge in [-0.2, -0.15) is 24.6 Å². The number of amides is 2. The average Bonchev–Trinajstić information content (AvgIpc) is 2.41. The Morgan fingerprint density at radius 2 is 1.07 bits per heavy atom. The van der Waals surface area contributed by atoms with Crippen LogP contribution in [0.1, 0.15) is 32.3 Å². The van der Waals surface area contributed by atoms with Crippen molar-refractivity contribution in [3.05, 3.63) is 69.1 Å². The summed E-state index contributed by atoms with van der Waals surface area (Å²) in [6.45, 7) is 7.04. The van der Waals surface area contributed by atoms with E-state index in [-0.39, 0.29) is 123 Å². The zero-order valence-corrected chi connectivity index (χ0v) is 27.0. The first kappa shape index (κ1) is 63.1. The minimum absolute atomic E-state index is 0. The van der Waals surface area contributed by atoms with Gasteiger partial charge in [0.25, 0.3) is 0 Å². The van der Waals surface area contributed by atoms with Crippen molar-refractivity contribution in [2.75, 3.05) is 0 Å². The SMILES string of the molecule is CCC([NH-])=O.CCC([NH-])=O.[CH2-]c1ccccc1.[CH3-].[CH3-].[Cl][Ti][Cl].[Ti+2].[Ti].[Ti].[Ti].[Ti]. The number of rotatable bonds is 2. The van der Waals surface area contributed by atoms with Gasteiger partial charge in [-0.15, -0.1) is 12.1 Å². The summed E-state index contributed by atoms with van der Waals surface area (Å²) in [6.07, 6.45) is 0.667. The van der Waals surface area contributed by atoms with Crippen LogP contribution in [0.15, 0.2) is 30.3 Å². The second-order valence-corrected chi connectivity index (χ2v) is 5.69. The first-order chi connectivity index (χ1) is 9.35. The topological polar surface area (TPSA) is 81.7 Å². The minimum Gasteiger partial charge on any atom is 0 e. The normalized spacial score (nSPS) is 5.48. The number of halogens is 2. The van der Waals surface area contributed by atoms with Gasteiger partial charge in [0, 0.05) is 98.7 Å². The smallest absolute Gasteiger partial charge is 0 e. The summed E-state index contributed by atoms with van der Waals surface area (Å²) < 4.78 is 0. The van der Waals surface area contributed by atoms with Gasteiger partial charge in [0.1, 0.15) is 0 Å².